The highest BCUT2D eigenvalue weighted by Crippen LogP contribution is 2.28. The zero-order valence-corrected chi connectivity index (χ0v) is 18.5. The van der Waals surface area contributed by atoms with Crippen LogP contribution in [0.4, 0.5) is 11.4 Å². The largest absolute Gasteiger partial charge is 0.324 e. The third-order valence-corrected chi connectivity index (χ3v) is 6.98. The number of benzene rings is 3. The Morgan fingerprint density at radius 1 is 0.933 bits per heavy atom. The molecule has 8 heteroatoms. The lowest BCUT2D eigenvalue weighted by atomic mass is 10.1. The molecule has 1 amide bonds. The topological polar surface area (TPSA) is 66.5 Å². The van der Waals surface area contributed by atoms with Crippen molar-refractivity contribution in [2.75, 3.05) is 16.2 Å². The number of anilines is 2. The number of sulfonamides is 1. The molecule has 0 heterocycles. The zero-order chi connectivity index (χ0) is 21.7. The molecule has 5 nitrogen and oxygen atoms in total. The van der Waals surface area contributed by atoms with Crippen LogP contribution in [0.1, 0.15) is 12.5 Å². The van der Waals surface area contributed by atoms with Crippen LogP contribution in [0.25, 0.3) is 0 Å². The minimum atomic E-state index is -3.96. The lowest BCUT2D eigenvalue weighted by Gasteiger charge is -2.26. The van der Waals surface area contributed by atoms with Gasteiger partial charge in [0.2, 0.25) is 5.91 Å². The standard InChI is InChI=1S/C22H20Cl2N2O3S/c1-2-16-8-6-7-11-21(16)26(30(28,29)18-9-4-3-5-10-18)15-22(27)25-17-12-13-19(23)20(24)14-17/h3-14H,2,15H2,1H3,(H,25,27). The highest BCUT2D eigenvalue weighted by atomic mass is 35.5. The van der Waals surface area contributed by atoms with Crippen LogP contribution in [0.15, 0.2) is 77.7 Å². The van der Waals surface area contributed by atoms with Gasteiger partial charge in [0.15, 0.2) is 0 Å². The summed E-state index contributed by atoms with van der Waals surface area (Å²) in [4.78, 5) is 12.9. The minimum absolute atomic E-state index is 0.109. The van der Waals surface area contributed by atoms with Crippen molar-refractivity contribution in [3.63, 3.8) is 0 Å². The average molecular weight is 463 g/mol. The molecule has 0 unspecified atom stereocenters. The third kappa shape index (κ3) is 4.95. The first kappa shape index (κ1) is 22.2. The van der Waals surface area contributed by atoms with Crippen molar-refractivity contribution in [1.82, 2.24) is 0 Å². The Labute approximate surface area is 186 Å². The van der Waals surface area contributed by atoms with Crippen LogP contribution in [0.5, 0.6) is 0 Å². The maximum absolute atomic E-state index is 13.4. The van der Waals surface area contributed by atoms with Crippen molar-refractivity contribution < 1.29 is 13.2 Å². The molecule has 30 heavy (non-hydrogen) atoms. The molecule has 1 N–H and O–H groups in total. The molecule has 3 aromatic carbocycles. The fourth-order valence-corrected chi connectivity index (χ4v) is 4.76. The number of nitrogens with zero attached hydrogens (tertiary/aromatic N) is 1. The number of hydrogen-bond acceptors (Lipinski definition) is 3. The summed E-state index contributed by atoms with van der Waals surface area (Å²) in [5, 5.41) is 3.34. The van der Waals surface area contributed by atoms with Crippen LogP contribution in [-0.4, -0.2) is 20.9 Å². The molecular weight excluding hydrogens is 443 g/mol. The van der Waals surface area contributed by atoms with Crippen molar-refractivity contribution >= 4 is 50.5 Å². The van der Waals surface area contributed by atoms with Gasteiger partial charge in [-0.1, -0.05) is 66.5 Å². The summed E-state index contributed by atoms with van der Waals surface area (Å²) < 4.78 is 27.9. The van der Waals surface area contributed by atoms with E-state index >= 15 is 0 Å². The fraction of sp³-hybridized carbons (Fsp3) is 0.136. The molecule has 0 spiro atoms. The normalized spacial score (nSPS) is 11.2. The maximum atomic E-state index is 13.4. The molecule has 0 aliphatic rings. The van der Waals surface area contributed by atoms with E-state index < -0.39 is 22.5 Å². The minimum Gasteiger partial charge on any atom is -0.324 e. The second-order valence-electron chi connectivity index (χ2n) is 6.48. The predicted molar refractivity (Wildman–Crippen MR) is 122 cm³/mol. The van der Waals surface area contributed by atoms with E-state index in [2.05, 4.69) is 5.32 Å². The van der Waals surface area contributed by atoms with Crippen molar-refractivity contribution in [1.29, 1.82) is 0 Å². The summed E-state index contributed by atoms with van der Waals surface area (Å²) in [6, 6.07) is 19.8. The molecule has 0 aromatic heterocycles. The van der Waals surface area contributed by atoms with Crippen LogP contribution >= 0.6 is 23.2 Å². The quantitative estimate of drug-likeness (QED) is 0.511. The second-order valence-corrected chi connectivity index (χ2v) is 9.16. The van der Waals surface area contributed by atoms with Crippen LogP contribution < -0.4 is 9.62 Å². The molecule has 3 rings (SSSR count). The smallest absolute Gasteiger partial charge is 0.264 e. The second kappa shape index (κ2) is 9.51. The van der Waals surface area contributed by atoms with Crippen LogP contribution in [0.2, 0.25) is 10.0 Å². The van der Waals surface area contributed by atoms with E-state index in [4.69, 9.17) is 23.2 Å². The SMILES string of the molecule is CCc1ccccc1N(CC(=O)Nc1ccc(Cl)c(Cl)c1)S(=O)(=O)c1ccccc1. The highest BCUT2D eigenvalue weighted by Gasteiger charge is 2.28. The Bertz CT molecular complexity index is 1150. The lowest BCUT2D eigenvalue weighted by molar-refractivity contribution is -0.114. The number of aryl methyl sites for hydroxylation is 1. The number of rotatable bonds is 7. The summed E-state index contributed by atoms with van der Waals surface area (Å²) in [5.41, 5.74) is 1.71. The van der Waals surface area contributed by atoms with Gasteiger partial charge >= 0.3 is 0 Å². The van der Waals surface area contributed by atoms with Crippen molar-refractivity contribution in [2.45, 2.75) is 18.2 Å². The van der Waals surface area contributed by atoms with E-state index in [1.54, 1.807) is 42.5 Å². The lowest BCUT2D eigenvalue weighted by Crippen LogP contribution is -2.38. The van der Waals surface area contributed by atoms with Gasteiger partial charge in [-0.25, -0.2) is 8.42 Å². The van der Waals surface area contributed by atoms with Crippen molar-refractivity contribution in [3.8, 4) is 0 Å². The zero-order valence-electron chi connectivity index (χ0n) is 16.2. The van der Waals surface area contributed by atoms with E-state index in [9.17, 15) is 13.2 Å². The van der Waals surface area contributed by atoms with Crippen LogP contribution in [0.3, 0.4) is 0 Å². The number of nitrogens with one attached hydrogen (secondary N) is 1. The summed E-state index contributed by atoms with van der Waals surface area (Å²) >= 11 is 11.9. The molecule has 0 aliphatic carbocycles. The average Bonchev–Trinajstić information content (AvgIpc) is 2.75. The first-order chi connectivity index (χ1) is 14.3. The molecule has 156 valence electrons. The fourth-order valence-electron chi connectivity index (χ4n) is 2.98. The van der Waals surface area contributed by atoms with E-state index in [0.29, 0.717) is 27.8 Å². The van der Waals surface area contributed by atoms with Gasteiger partial charge in [-0.05, 0) is 48.4 Å². The summed E-state index contributed by atoms with van der Waals surface area (Å²) in [7, 11) is -3.96. The number of carbonyl (C=O) groups excluding carboxylic acids is 1. The van der Waals surface area contributed by atoms with E-state index in [1.807, 2.05) is 19.1 Å². The Kier molecular flexibility index (Phi) is 7.02. The summed E-state index contributed by atoms with van der Waals surface area (Å²) in [6.07, 6.45) is 0.616. The molecular formula is C22H20Cl2N2O3S. The van der Waals surface area contributed by atoms with Gasteiger partial charge in [-0.2, -0.15) is 0 Å². The first-order valence-electron chi connectivity index (χ1n) is 9.23. The van der Waals surface area contributed by atoms with Gasteiger partial charge in [0.05, 0.1) is 20.6 Å². The van der Waals surface area contributed by atoms with Gasteiger partial charge in [-0.15, -0.1) is 0 Å². The number of amides is 1. The number of carbonyl (C=O) groups is 1. The monoisotopic (exact) mass is 462 g/mol. The highest BCUT2D eigenvalue weighted by molar-refractivity contribution is 7.92. The van der Waals surface area contributed by atoms with Gasteiger partial charge in [0.25, 0.3) is 10.0 Å². The number of para-hydroxylation sites is 1. The predicted octanol–water partition coefficient (Wildman–Crippen LogP) is 5.39. The van der Waals surface area contributed by atoms with Crippen LogP contribution in [0, 0.1) is 0 Å². The first-order valence-corrected chi connectivity index (χ1v) is 11.4. The molecule has 0 atom stereocenters. The van der Waals surface area contributed by atoms with Crippen molar-refractivity contribution in [2.24, 2.45) is 0 Å². The molecule has 0 radical (unpaired) electrons. The van der Waals surface area contributed by atoms with Gasteiger partial charge in [-0.3, -0.25) is 9.10 Å². The Balaban J connectivity index is 1.97. The Hall–Kier alpha value is -2.54. The molecule has 0 saturated carbocycles. The van der Waals surface area contributed by atoms with E-state index in [0.717, 1.165) is 9.87 Å². The van der Waals surface area contributed by atoms with Gasteiger partial charge in [0, 0.05) is 5.69 Å². The van der Waals surface area contributed by atoms with Crippen molar-refractivity contribution in [3.05, 3.63) is 88.4 Å². The Morgan fingerprint density at radius 3 is 2.27 bits per heavy atom. The molecule has 0 aliphatic heterocycles. The number of halogens is 2. The Morgan fingerprint density at radius 2 is 1.60 bits per heavy atom. The van der Waals surface area contributed by atoms with Gasteiger partial charge < -0.3 is 5.32 Å². The molecule has 3 aromatic rings. The molecule has 0 bridgehead atoms. The third-order valence-electron chi connectivity index (χ3n) is 4.46. The maximum Gasteiger partial charge on any atom is 0.264 e. The van der Waals surface area contributed by atoms with Gasteiger partial charge in [0.1, 0.15) is 6.54 Å². The number of hydrogen-bond donors (Lipinski definition) is 1. The summed E-state index contributed by atoms with van der Waals surface area (Å²) in [5.74, 6) is -0.501. The molecule has 0 fully saturated rings. The van der Waals surface area contributed by atoms with E-state index in [-0.39, 0.29) is 4.90 Å². The van der Waals surface area contributed by atoms with Crippen LogP contribution in [-0.2, 0) is 21.2 Å². The summed E-state index contributed by atoms with van der Waals surface area (Å²) in [6.45, 7) is 1.54. The molecule has 0 saturated heterocycles. The van der Waals surface area contributed by atoms with E-state index in [1.165, 1.54) is 18.2 Å².